The van der Waals surface area contributed by atoms with Crippen molar-refractivity contribution >= 4 is 27.7 Å². The number of hydrogen-bond donors (Lipinski definition) is 1. The highest BCUT2D eigenvalue weighted by Gasteiger charge is 2.28. The van der Waals surface area contributed by atoms with Crippen LogP contribution in [0.3, 0.4) is 0 Å². The molecule has 1 fully saturated rings. The minimum Gasteiger partial charge on any atom is -0.483 e. The summed E-state index contributed by atoms with van der Waals surface area (Å²) >= 11 is 3.50. The molecule has 2 amide bonds. The van der Waals surface area contributed by atoms with Crippen LogP contribution in [0.5, 0.6) is 5.75 Å². The van der Waals surface area contributed by atoms with Gasteiger partial charge in [-0.3, -0.25) is 9.59 Å². The monoisotopic (exact) mass is 514 g/mol. The lowest BCUT2D eigenvalue weighted by Gasteiger charge is -2.31. The van der Waals surface area contributed by atoms with Crippen LogP contribution in [0.1, 0.15) is 69.9 Å². The van der Waals surface area contributed by atoms with E-state index in [-0.39, 0.29) is 30.4 Å². The van der Waals surface area contributed by atoms with E-state index in [0.717, 1.165) is 41.3 Å². The molecular formula is C27H35BrN2O3. The molecule has 0 radical (unpaired) electrons. The molecule has 33 heavy (non-hydrogen) atoms. The zero-order valence-electron chi connectivity index (χ0n) is 19.9. The number of carbonyl (C=O) groups is 2. The Bertz CT molecular complexity index is 940. The first-order valence-electron chi connectivity index (χ1n) is 11.9. The number of para-hydroxylation sites is 1. The maximum absolute atomic E-state index is 13.3. The summed E-state index contributed by atoms with van der Waals surface area (Å²) in [7, 11) is 0. The van der Waals surface area contributed by atoms with E-state index in [4.69, 9.17) is 4.74 Å². The standard InChI is InChI=1S/C27H35BrN2O3/c1-19(2)24-14-7-8-15-25(24)33-18-26(31)30(17-21-10-9-11-22(28)16-21)20(3)27(32)29-23-12-5-4-6-13-23/h7-11,14-16,19-20,23H,4-6,12-13,17-18H2,1-3H3,(H,29,32)/t20-/m0/s1. The van der Waals surface area contributed by atoms with Crippen LogP contribution in [0.25, 0.3) is 0 Å². The van der Waals surface area contributed by atoms with E-state index in [9.17, 15) is 9.59 Å². The predicted molar refractivity (Wildman–Crippen MR) is 135 cm³/mol. The van der Waals surface area contributed by atoms with Crippen molar-refractivity contribution in [3.05, 3.63) is 64.1 Å². The maximum atomic E-state index is 13.3. The van der Waals surface area contributed by atoms with E-state index in [0.29, 0.717) is 12.3 Å². The van der Waals surface area contributed by atoms with Gasteiger partial charge >= 0.3 is 0 Å². The third-order valence-corrected chi connectivity index (χ3v) is 6.75. The number of nitrogens with one attached hydrogen (secondary N) is 1. The summed E-state index contributed by atoms with van der Waals surface area (Å²) in [6.07, 6.45) is 5.52. The van der Waals surface area contributed by atoms with Gasteiger partial charge in [0.1, 0.15) is 11.8 Å². The van der Waals surface area contributed by atoms with Crippen LogP contribution >= 0.6 is 15.9 Å². The Labute approximate surface area is 206 Å². The van der Waals surface area contributed by atoms with Gasteiger partial charge in [0.15, 0.2) is 6.61 Å². The van der Waals surface area contributed by atoms with Crippen molar-refractivity contribution in [2.45, 2.75) is 77.4 Å². The first-order chi connectivity index (χ1) is 15.8. The van der Waals surface area contributed by atoms with Crippen molar-refractivity contribution in [1.82, 2.24) is 10.2 Å². The Hall–Kier alpha value is -2.34. The lowest BCUT2D eigenvalue weighted by Crippen LogP contribution is -2.51. The topological polar surface area (TPSA) is 58.6 Å². The molecule has 1 N–H and O–H groups in total. The van der Waals surface area contributed by atoms with Crippen molar-refractivity contribution in [3.8, 4) is 5.75 Å². The van der Waals surface area contributed by atoms with Gasteiger partial charge in [0.2, 0.25) is 5.91 Å². The molecule has 2 aromatic carbocycles. The van der Waals surface area contributed by atoms with Crippen LogP contribution in [0.15, 0.2) is 53.0 Å². The van der Waals surface area contributed by atoms with Gasteiger partial charge in [-0.2, -0.15) is 0 Å². The highest BCUT2D eigenvalue weighted by Crippen LogP contribution is 2.26. The second-order valence-corrected chi connectivity index (χ2v) is 10.1. The van der Waals surface area contributed by atoms with Gasteiger partial charge < -0.3 is 15.0 Å². The highest BCUT2D eigenvalue weighted by molar-refractivity contribution is 9.10. The molecule has 2 aromatic rings. The van der Waals surface area contributed by atoms with Crippen molar-refractivity contribution in [2.24, 2.45) is 0 Å². The van der Waals surface area contributed by atoms with Crippen molar-refractivity contribution in [2.75, 3.05) is 6.61 Å². The van der Waals surface area contributed by atoms with Crippen LogP contribution in [0.2, 0.25) is 0 Å². The summed E-state index contributed by atoms with van der Waals surface area (Å²) in [5.41, 5.74) is 2.02. The van der Waals surface area contributed by atoms with Gasteiger partial charge in [-0.15, -0.1) is 0 Å². The molecule has 178 valence electrons. The quantitative estimate of drug-likeness (QED) is 0.458. The molecular weight excluding hydrogens is 480 g/mol. The normalized spacial score (nSPS) is 15.2. The largest absolute Gasteiger partial charge is 0.483 e. The molecule has 1 aliphatic rings. The van der Waals surface area contributed by atoms with Gasteiger partial charge in [0.25, 0.3) is 5.91 Å². The van der Waals surface area contributed by atoms with E-state index in [1.54, 1.807) is 11.8 Å². The molecule has 0 unspecified atom stereocenters. The van der Waals surface area contributed by atoms with E-state index in [2.05, 4.69) is 35.1 Å². The SMILES string of the molecule is CC(C)c1ccccc1OCC(=O)N(Cc1cccc(Br)c1)[C@@H](C)C(=O)NC1CCCCC1. The number of rotatable bonds is 9. The summed E-state index contributed by atoms with van der Waals surface area (Å²) < 4.78 is 6.89. The van der Waals surface area contributed by atoms with E-state index in [1.165, 1.54) is 6.42 Å². The number of ether oxygens (including phenoxy) is 1. The fourth-order valence-corrected chi connectivity index (χ4v) is 4.74. The van der Waals surface area contributed by atoms with Crippen LogP contribution in [0.4, 0.5) is 0 Å². The molecule has 6 heteroatoms. The molecule has 1 saturated carbocycles. The van der Waals surface area contributed by atoms with Crippen molar-refractivity contribution < 1.29 is 14.3 Å². The number of hydrogen-bond acceptors (Lipinski definition) is 3. The zero-order chi connectivity index (χ0) is 23.8. The fraction of sp³-hybridized carbons (Fsp3) is 0.481. The molecule has 5 nitrogen and oxygen atoms in total. The first-order valence-corrected chi connectivity index (χ1v) is 12.7. The predicted octanol–water partition coefficient (Wildman–Crippen LogP) is 5.82. The second kappa shape index (κ2) is 12.2. The smallest absolute Gasteiger partial charge is 0.261 e. The minimum atomic E-state index is -0.595. The third-order valence-electron chi connectivity index (χ3n) is 6.25. The lowest BCUT2D eigenvalue weighted by molar-refractivity contribution is -0.142. The Morgan fingerprint density at radius 1 is 1.06 bits per heavy atom. The van der Waals surface area contributed by atoms with Crippen molar-refractivity contribution in [3.63, 3.8) is 0 Å². The Kier molecular flexibility index (Phi) is 9.36. The van der Waals surface area contributed by atoms with E-state index in [1.807, 2.05) is 48.5 Å². The number of halogens is 1. The Morgan fingerprint density at radius 3 is 2.48 bits per heavy atom. The molecule has 0 spiro atoms. The van der Waals surface area contributed by atoms with Gasteiger partial charge in [-0.25, -0.2) is 0 Å². The number of nitrogens with zero attached hydrogens (tertiary/aromatic N) is 1. The zero-order valence-corrected chi connectivity index (χ0v) is 21.4. The average molecular weight is 515 g/mol. The molecule has 0 saturated heterocycles. The molecule has 0 aromatic heterocycles. The molecule has 1 atom stereocenters. The molecule has 0 aliphatic heterocycles. The van der Waals surface area contributed by atoms with Gasteiger partial charge in [-0.1, -0.05) is 79.4 Å². The number of amides is 2. The Balaban J connectivity index is 1.74. The van der Waals surface area contributed by atoms with Crippen molar-refractivity contribution in [1.29, 1.82) is 0 Å². The van der Waals surface area contributed by atoms with Crippen LogP contribution in [-0.4, -0.2) is 35.4 Å². The maximum Gasteiger partial charge on any atom is 0.261 e. The molecule has 3 rings (SSSR count). The molecule has 1 aliphatic carbocycles. The molecule has 0 bridgehead atoms. The highest BCUT2D eigenvalue weighted by atomic mass is 79.9. The lowest BCUT2D eigenvalue weighted by atomic mass is 9.95. The fourth-order valence-electron chi connectivity index (χ4n) is 4.29. The summed E-state index contributed by atoms with van der Waals surface area (Å²) in [6, 6.07) is 15.2. The van der Waals surface area contributed by atoms with Gasteiger partial charge in [0, 0.05) is 17.1 Å². The van der Waals surface area contributed by atoms with E-state index < -0.39 is 6.04 Å². The van der Waals surface area contributed by atoms with Gasteiger partial charge in [-0.05, 0) is 55.0 Å². The number of carbonyl (C=O) groups excluding carboxylic acids is 2. The summed E-state index contributed by atoms with van der Waals surface area (Å²) in [5, 5.41) is 3.17. The van der Waals surface area contributed by atoms with Crippen LogP contribution < -0.4 is 10.1 Å². The van der Waals surface area contributed by atoms with Crippen LogP contribution in [0, 0.1) is 0 Å². The Morgan fingerprint density at radius 2 is 1.79 bits per heavy atom. The summed E-state index contributed by atoms with van der Waals surface area (Å²) in [4.78, 5) is 28.0. The van der Waals surface area contributed by atoms with E-state index >= 15 is 0 Å². The summed E-state index contributed by atoms with van der Waals surface area (Å²) in [5.74, 6) is 0.685. The molecule has 0 heterocycles. The average Bonchev–Trinajstić information content (AvgIpc) is 2.81. The number of benzene rings is 2. The van der Waals surface area contributed by atoms with Gasteiger partial charge in [0.05, 0.1) is 0 Å². The minimum absolute atomic E-state index is 0.104. The summed E-state index contributed by atoms with van der Waals surface area (Å²) in [6.45, 7) is 6.23. The third kappa shape index (κ3) is 7.32. The first kappa shape index (κ1) is 25.3. The second-order valence-electron chi connectivity index (χ2n) is 9.15. The van der Waals surface area contributed by atoms with Crippen LogP contribution in [-0.2, 0) is 16.1 Å².